The fraction of sp³-hybridized carbons (Fsp3) is 0.611. The molecule has 0 spiro atoms. The lowest BCUT2D eigenvalue weighted by Gasteiger charge is -2.21. The number of carbonyl (C=O) groups is 1. The Morgan fingerprint density at radius 2 is 1.76 bits per heavy atom. The molecule has 0 aromatic heterocycles. The third kappa shape index (κ3) is 3.85. The van der Waals surface area contributed by atoms with Crippen molar-refractivity contribution in [3.05, 3.63) is 33.9 Å². The molecule has 1 saturated heterocycles. The topological polar surface area (TPSA) is 32.3 Å². The number of nitrogens with zero attached hydrogens (tertiary/aromatic N) is 1. The molecule has 0 unspecified atom stereocenters. The number of aryl methyl sites for hydroxylation is 2. The highest BCUT2D eigenvalue weighted by Crippen LogP contribution is 2.23. The maximum atomic E-state index is 12.4. The highest BCUT2D eigenvalue weighted by molar-refractivity contribution is 5.76. The lowest BCUT2D eigenvalue weighted by molar-refractivity contribution is -0.130. The SMILES string of the molecule is Cc1cc(C)c(C)c(CCC(=O)N2CCCNCC2)c1C. The fourth-order valence-electron chi connectivity index (χ4n) is 3.16. The molecule has 0 bridgehead atoms. The van der Waals surface area contributed by atoms with Crippen LogP contribution in [-0.4, -0.2) is 37.0 Å². The second kappa shape index (κ2) is 7.08. The van der Waals surface area contributed by atoms with Crippen LogP contribution in [0.4, 0.5) is 0 Å². The molecule has 1 aromatic rings. The summed E-state index contributed by atoms with van der Waals surface area (Å²) in [6.07, 6.45) is 2.56. The number of rotatable bonds is 3. The van der Waals surface area contributed by atoms with E-state index in [1.165, 1.54) is 27.8 Å². The molecule has 0 atom stereocenters. The highest BCUT2D eigenvalue weighted by Gasteiger charge is 2.16. The summed E-state index contributed by atoms with van der Waals surface area (Å²) in [6, 6.07) is 2.25. The molecule has 21 heavy (non-hydrogen) atoms. The molecular weight excluding hydrogens is 260 g/mol. The average molecular weight is 288 g/mol. The van der Waals surface area contributed by atoms with E-state index >= 15 is 0 Å². The molecule has 1 fully saturated rings. The summed E-state index contributed by atoms with van der Waals surface area (Å²) in [5, 5.41) is 3.35. The zero-order chi connectivity index (χ0) is 15.4. The van der Waals surface area contributed by atoms with Crippen molar-refractivity contribution in [2.45, 2.75) is 47.0 Å². The summed E-state index contributed by atoms with van der Waals surface area (Å²) in [4.78, 5) is 14.4. The van der Waals surface area contributed by atoms with Gasteiger partial charge in [-0.1, -0.05) is 6.07 Å². The van der Waals surface area contributed by atoms with Gasteiger partial charge in [-0.25, -0.2) is 0 Å². The van der Waals surface area contributed by atoms with E-state index in [-0.39, 0.29) is 0 Å². The summed E-state index contributed by atoms with van der Waals surface area (Å²) < 4.78 is 0. The van der Waals surface area contributed by atoms with Crippen LogP contribution in [0.2, 0.25) is 0 Å². The molecule has 1 heterocycles. The van der Waals surface area contributed by atoms with E-state index in [2.05, 4.69) is 39.1 Å². The molecule has 1 aliphatic rings. The normalized spacial score (nSPS) is 15.9. The predicted molar refractivity (Wildman–Crippen MR) is 87.8 cm³/mol. The summed E-state index contributed by atoms with van der Waals surface area (Å²) in [5.41, 5.74) is 6.74. The third-order valence-corrected chi connectivity index (χ3v) is 4.80. The number of amides is 1. The second-order valence-corrected chi connectivity index (χ2v) is 6.22. The number of benzene rings is 1. The van der Waals surface area contributed by atoms with Crippen LogP contribution in [0.5, 0.6) is 0 Å². The second-order valence-electron chi connectivity index (χ2n) is 6.22. The van der Waals surface area contributed by atoms with Crippen LogP contribution in [0.25, 0.3) is 0 Å². The first-order valence-electron chi connectivity index (χ1n) is 8.05. The molecule has 0 saturated carbocycles. The smallest absolute Gasteiger partial charge is 0.222 e. The van der Waals surface area contributed by atoms with Crippen LogP contribution in [0, 0.1) is 27.7 Å². The Kier molecular flexibility index (Phi) is 5.40. The number of hydrogen-bond acceptors (Lipinski definition) is 2. The predicted octanol–water partition coefficient (Wildman–Crippen LogP) is 2.67. The quantitative estimate of drug-likeness (QED) is 0.927. The fourth-order valence-corrected chi connectivity index (χ4v) is 3.16. The van der Waals surface area contributed by atoms with Crippen LogP contribution in [0.3, 0.4) is 0 Å². The molecular formula is C18H28N2O. The molecule has 3 nitrogen and oxygen atoms in total. The summed E-state index contributed by atoms with van der Waals surface area (Å²) in [7, 11) is 0. The van der Waals surface area contributed by atoms with Gasteiger partial charge in [-0.2, -0.15) is 0 Å². The van der Waals surface area contributed by atoms with E-state index in [0.717, 1.165) is 39.0 Å². The van der Waals surface area contributed by atoms with E-state index in [0.29, 0.717) is 12.3 Å². The molecule has 0 aliphatic carbocycles. The van der Waals surface area contributed by atoms with Gasteiger partial charge in [0.1, 0.15) is 0 Å². The molecule has 1 N–H and O–H groups in total. The van der Waals surface area contributed by atoms with Gasteiger partial charge in [-0.15, -0.1) is 0 Å². The number of carbonyl (C=O) groups excluding carboxylic acids is 1. The van der Waals surface area contributed by atoms with Crippen molar-refractivity contribution in [1.82, 2.24) is 10.2 Å². The van der Waals surface area contributed by atoms with Crippen LogP contribution >= 0.6 is 0 Å². The molecule has 1 amide bonds. The average Bonchev–Trinajstić information content (AvgIpc) is 2.74. The largest absolute Gasteiger partial charge is 0.341 e. The van der Waals surface area contributed by atoms with Gasteiger partial charge in [0, 0.05) is 26.1 Å². The minimum Gasteiger partial charge on any atom is -0.341 e. The molecule has 0 radical (unpaired) electrons. The maximum absolute atomic E-state index is 12.4. The Balaban J connectivity index is 2.04. The van der Waals surface area contributed by atoms with Crippen molar-refractivity contribution in [2.75, 3.05) is 26.2 Å². The first kappa shape index (κ1) is 16.0. The summed E-state index contributed by atoms with van der Waals surface area (Å²) >= 11 is 0. The Bertz CT molecular complexity index is 488. The molecule has 2 rings (SSSR count). The van der Waals surface area contributed by atoms with Crippen molar-refractivity contribution in [1.29, 1.82) is 0 Å². The number of nitrogens with one attached hydrogen (secondary N) is 1. The van der Waals surface area contributed by atoms with Crippen molar-refractivity contribution >= 4 is 5.91 Å². The van der Waals surface area contributed by atoms with Crippen LogP contribution in [-0.2, 0) is 11.2 Å². The van der Waals surface area contributed by atoms with Gasteiger partial charge < -0.3 is 10.2 Å². The minimum atomic E-state index is 0.302. The lowest BCUT2D eigenvalue weighted by Crippen LogP contribution is -2.34. The van der Waals surface area contributed by atoms with E-state index in [4.69, 9.17) is 0 Å². The van der Waals surface area contributed by atoms with E-state index < -0.39 is 0 Å². The lowest BCUT2D eigenvalue weighted by atomic mass is 9.91. The van der Waals surface area contributed by atoms with Crippen molar-refractivity contribution in [3.63, 3.8) is 0 Å². The third-order valence-electron chi connectivity index (χ3n) is 4.80. The Labute approximate surface area is 128 Å². The summed E-state index contributed by atoms with van der Waals surface area (Å²) in [5.74, 6) is 0.302. The van der Waals surface area contributed by atoms with Gasteiger partial charge in [-0.05, 0) is 74.9 Å². The van der Waals surface area contributed by atoms with Gasteiger partial charge in [0.05, 0.1) is 0 Å². The Morgan fingerprint density at radius 1 is 1.10 bits per heavy atom. The van der Waals surface area contributed by atoms with Gasteiger partial charge >= 0.3 is 0 Å². The standard InChI is InChI=1S/C18H28N2O/c1-13-12-14(2)16(4)17(15(13)3)6-7-18(21)20-10-5-8-19-9-11-20/h12,19H,5-11H2,1-4H3. The monoisotopic (exact) mass is 288 g/mol. The minimum absolute atomic E-state index is 0.302. The Morgan fingerprint density at radius 3 is 2.43 bits per heavy atom. The first-order valence-corrected chi connectivity index (χ1v) is 8.05. The first-order chi connectivity index (χ1) is 10.0. The molecule has 116 valence electrons. The number of hydrogen-bond donors (Lipinski definition) is 1. The molecule has 1 aliphatic heterocycles. The van der Waals surface area contributed by atoms with Gasteiger partial charge in [0.15, 0.2) is 0 Å². The molecule has 3 heteroatoms. The van der Waals surface area contributed by atoms with E-state index in [1.807, 2.05) is 4.90 Å². The maximum Gasteiger partial charge on any atom is 0.222 e. The van der Waals surface area contributed by atoms with Crippen LogP contribution < -0.4 is 5.32 Å². The van der Waals surface area contributed by atoms with Gasteiger partial charge in [0.25, 0.3) is 0 Å². The Hall–Kier alpha value is -1.35. The van der Waals surface area contributed by atoms with Crippen molar-refractivity contribution < 1.29 is 4.79 Å². The van der Waals surface area contributed by atoms with Crippen molar-refractivity contribution in [2.24, 2.45) is 0 Å². The van der Waals surface area contributed by atoms with Gasteiger partial charge in [-0.3, -0.25) is 4.79 Å². The zero-order valence-electron chi connectivity index (χ0n) is 13.9. The zero-order valence-corrected chi connectivity index (χ0v) is 13.9. The van der Waals surface area contributed by atoms with E-state index in [1.54, 1.807) is 0 Å². The highest BCUT2D eigenvalue weighted by atomic mass is 16.2. The van der Waals surface area contributed by atoms with Crippen LogP contribution in [0.1, 0.15) is 40.7 Å². The van der Waals surface area contributed by atoms with Crippen LogP contribution in [0.15, 0.2) is 6.07 Å². The summed E-state index contributed by atoms with van der Waals surface area (Å²) in [6.45, 7) is 12.4. The van der Waals surface area contributed by atoms with E-state index in [9.17, 15) is 4.79 Å². The molecule has 1 aromatic carbocycles. The van der Waals surface area contributed by atoms with Gasteiger partial charge in [0.2, 0.25) is 5.91 Å². The van der Waals surface area contributed by atoms with Crippen molar-refractivity contribution in [3.8, 4) is 0 Å².